The van der Waals surface area contributed by atoms with Crippen molar-refractivity contribution in [2.24, 2.45) is 0 Å². The molecule has 0 saturated carbocycles. The topological polar surface area (TPSA) is 34.9 Å². The number of hydrogen-bond donors (Lipinski definition) is 0. The fraction of sp³-hybridized carbons (Fsp3) is 0.167. The summed E-state index contributed by atoms with van der Waals surface area (Å²) in [6, 6.07) is 7.29. The van der Waals surface area contributed by atoms with Crippen LogP contribution in [0.1, 0.15) is 16.1 Å². The van der Waals surface area contributed by atoms with Crippen molar-refractivity contribution in [1.82, 2.24) is 9.78 Å². The van der Waals surface area contributed by atoms with Gasteiger partial charge in [0.1, 0.15) is 6.54 Å². The summed E-state index contributed by atoms with van der Waals surface area (Å²) in [5.41, 5.74) is 1.39. The normalized spacial score (nSPS) is 10.5. The van der Waals surface area contributed by atoms with E-state index in [2.05, 4.69) is 21.0 Å². The molecule has 3 nitrogen and oxygen atoms in total. The first-order valence-electron chi connectivity index (χ1n) is 5.04. The summed E-state index contributed by atoms with van der Waals surface area (Å²) in [4.78, 5) is 12.0. The average molecular weight is 314 g/mol. The highest BCUT2D eigenvalue weighted by molar-refractivity contribution is 9.10. The molecule has 1 heterocycles. The molecule has 0 unspecified atom stereocenters. The molecule has 1 aromatic carbocycles. The molecule has 0 bridgehead atoms. The van der Waals surface area contributed by atoms with Gasteiger partial charge in [0.15, 0.2) is 5.78 Å². The summed E-state index contributed by atoms with van der Waals surface area (Å²) in [7, 11) is 0. The Balaban J connectivity index is 2.17. The Kier molecular flexibility index (Phi) is 3.64. The van der Waals surface area contributed by atoms with E-state index in [1.807, 2.05) is 19.1 Å². The summed E-state index contributed by atoms with van der Waals surface area (Å²) >= 11 is 9.22. The van der Waals surface area contributed by atoms with Crippen LogP contribution in [0.25, 0.3) is 0 Å². The number of aromatic nitrogens is 2. The summed E-state index contributed by atoms with van der Waals surface area (Å²) in [5, 5.41) is 4.73. The van der Waals surface area contributed by atoms with Crippen LogP contribution in [-0.2, 0) is 6.54 Å². The average Bonchev–Trinajstić information content (AvgIpc) is 2.58. The lowest BCUT2D eigenvalue weighted by atomic mass is 10.1. The molecule has 0 saturated heterocycles. The van der Waals surface area contributed by atoms with Gasteiger partial charge in [-0.15, -0.1) is 0 Å². The van der Waals surface area contributed by atoms with Gasteiger partial charge >= 0.3 is 0 Å². The predicted octanol–water partition coefficient (Wildman–Crippen LogP) is 3.49. The third kappa shape index (κ3) is 2.96. The molecule has 0 aliphatic heterocycles. The molecular formula is C12H10BrClN2O. The monoisotopic (exact) mass is 312 g/mol. The van der Waals surface area contributed by atoms with Crippen molar-refractivity contribution in [3.8, 4) is 0 Å². The van der Waals surface area contributed by atoms with Crippen molar-refractivity contribution < 1.29 is 4.79 Å². The van der Waals surface area contributed by atoms with Crippen LogP contribution in [0.5, 0.6) is 0 Å². The second kappa shape index (κ2) is 5.02. The van der Waals surface area contributed by atoms with Crippen molar-refractivity contribution in [3.05, 3.63) is 51.2 Å². The number of halogens is 2. The Morgan fingerprint density at radius 1 is 1.53 bits per heavy atom. The van der Waals surface area contributed by atoms with Crippen molar-refractivity contribution in [2.75, 3.05) is 0 Å². The van der Waals surface area contributed by atoms with Crippen LogP contribution in [0.4, 0.5) is 0 Å². The summed E-state index contributed by atoms with van der Waals surface area (Å²) in [5.74, 6) is 0.00506. The lowest BCUT2D eigenvalue weighted by molar-refractivity contribution is 0.0967. The molecule has 0 atom stereocenters. The minimum atomic E-state index is 0.00506. The zero-order chi connectivity index (χ0) is 12.4. The van der Waals surface area contributed by atoms with Crippen LogP contribution in [0.15, 0.2) is 34.9 Å². The molecule has 0 N–H and O–H groups in total. The number of hydrogen-bond acceptors (Lipinski definition) is 2. The Labute approximate surface area is 113 Å². The Morgan fingerprint density at radius 2 is 2.29 bits per heavy atom. The predicted molar refractivity (Wildman–Crippen MR) is 70.4 cm³/mol. The largest absolute Gasteiger partial charge is 0.292 e. The van der Waals surface area contributed by atoms with Crippen LogP contribution in [0, 0.1) is 6.92 Å². The third-order valence-corrected chi connectivity index (χ3v) is 3.20. The number of carbonyl (C=O) groups is 1. The number of rotatable bonds is 3. The zero-order valence-electron chi connectivity index (χ0n) is 9.15. The number of benzene rings is 1. The fourth-order valence-electron chi connectivity index (χ4n) is 1.47. The van der Waals surface area contributed by atoms with Crippen molar-refractivity contribution in [3.63, 3.8) is 0 Å². The van der Waals surface area contributed by atoms with E-state index in [-0.39, 0.29) is 12.3 Å². The SMILES string of the molecule is Cc1nn(CC(=O)c2cccc(Br)c2)cc1Cl. The summed E-state index contributed by atoms with van der Waals surface area (Å²) < 4.78 is 2.44. The van der Waals surface area contributed by atoms with Gasteiger partial charge in [-0.3, -0.25) is 9.48 Å². The first-order chi connectivity index (χ1) is 8.06. The molecule has 2 aromatic rings. The molecule has 5 heteroatoms. The van der Waals surface area contributed by atoms with Crippen molar-refractivity contribution in [1.29, 1.82) is 0 Å². The lowest BCUT2D eigenvalue weighted by Crippen LogP contribution is -2.10. The summed E-state index contributed by atoms with van der Waals surface area (Å²) in [6.07, 6.45) is 1.66. The number of aryl methyl sites for hydroxylation is 1. The molecule has 0 fully saturated rings. The van der Waals surface area contributed by atoms with Gasteiger partial charge in [0.05, 0.1) is 10.7 Å². The molecule has 0 amide bonds. The fourth-order valence-corrected chi connectivity index (χ4v) is 2.02. The van der Waals surface area contributed by atoms with Gasteiger partial charge in [-0.2, -0.15) is 5.10 Å². The van der Waals surface area contributed by atoms with Gasteiger partial charge in [-0.25, -0.2) is 0 Å². The maximum absolute atomic E-state index is 12.0. The van der Waals surface area contributed by atoms with Crippen LogP contribution in [0.2, 0.25) is 5.02 Å². The molecule has 17 heavy (non-hydrogen) atoms. The highest BCUT2D eigenvalue weighted by atomic mass is 79.9. The second-order valence-electron chi connectivity index (χ2n) is 3.69. The Bertz CT molecular complexity index is 546. The van der Waals surface area contributed by atoms with Crippen molar-refractivity contribution in [2.45, 2.75) is 13.5 Å². The summed E-state index contributed by atoms with van der Waals surface area (Å²) in [6.45, 7) is 2.01. The van der Waals surface area contributed by atoms with Crippen LogP contribution in [0.3, 0.4) is 0 Å². The lowest BCUT2D eigenvalue weighted by Gasteiger charge is -2.01. The van der Waals surface area contributed by atoms with E-state index in [4.69, 9.17) is 11.6 Å². The van der Waals surface area contributed by atoms with Gasteiger partial charge in [-0.05, 0) is 19.1 Å². The maximum Gasteiger partial charge on any atom is 0.184 e. The molecule has 0 radical (unpaired) electrons. The van der Waals surface area contributed by atoms with E-state index < -0.39 is 0 Å². The highest BCUT2D eigenvalue weighted by Gasteiger charge is 2.09. The maximum atomic E-state index is 12.0. The van der Waals surface area contributed by atoms with E-state index >= 15 is 0 Å². The van der Waals surface area contributed by atoms with Gasteiger partial charge in [-0.1, -0.05) is 39.7 Å². The quantitative estimate of drug-likeness (QED) is 0.813. The minimum absolute atomic E-state index is 0.00506. The molecule has 0 aliphatic carbocycles. The van der Waals surface area contributed by atoms with Gasteiger partial charge in [0, 0.05) is 16.2 Å². The van der Waals surface area contributed by atoms with E-state index in [9.17, 15) is 4.79 Å². The van der Waals surface area contributed by atoms with Crippen LogP contribution in [-0.4, -0.2) is 15.6 Å². The van der Waals surface area contributed by atoms with Gasteiger partial charge in [0.25, 0.3) is 0 Å². The number of ketones is 1. The molecule has 88 valence electrons. The Hall–Kier alpha value is -1.13. The second-order valence-corrected chi connectivity index (χ2v) is 5.02. The molecule has 2 rings (SSSR count). The zero-order valence-corrected chi connectivity index (χ0v) is 11.5. The van der Waals surface area contributed by atoms with Crippen LogP contribution < -0.4 is 0 Å². The smallest absolute Gasteiger partial charge is 0.184 e. The van der Waals surface area contributed by atoms with E-state index in [1.54, 1.807) is 23.0 Å². The third-order valence-electron chi connectivity index (χ3n) is 2.34. The number of carbonyl (C=O) groups excluding carboxylic acids is 1. The molecule has 0 spiro atoms. The number of Topliss-reactive ketones (excluding diaryl/α,β-unsaturated/α-hetero) is 1. The van der Waals surface area contributed by atoms with E-state index in [0.717, 1.165) is 10.2 Å². The Morgan fingerprint density at radius 3 is 2.88 bits per heavy atom. The van der Waals surface area contributed by atoms with Crippen molar-refractivity contribution >= 4 is 33.3 Å². The highest BCUT2D eigenvalue weighted by Crippen LogP contribution is 2.15. The first-order valence-corrected chi connectivity index (χ1v) is 6.21. The molecular weight excluding hydrogens is 304 g/mol. The number of nitrogens with zero attached hydrogens (tertiary/aromatic N) is 2. The first kappa shape index (κ1) is 12.3. The van der Waals surface area contributed by atoms with Crippen LogP contribution >= 0.6 is 27.5 Å². The molecule has 1 aromatic heterocycles. The standard InChI is InChI=1S/C12H10BrClN2O/c1-8-11(14)6-16(15-8)7-12(17)9-3-2-4-10(13)5-9/h2-6H,7H2,1H3. The molecule has 0 aliphatic rings. The van der Waals surface area contributed by atoms with Gasteiger partial charge in [0.2, 0.25) is 0 Å². The van der Waals surface area contributed by atoms with Gasteiger partial charge < -0.3 is 0 Å². The van der Waals surface area contributed by atoms with E-state index in [1.165, 1.54) is 0 Å². The van der Waals surface area contributed by atoms with E-state index in [0.29, 0.717) is 10.6 Å². The minimum Gasteiger partial charge on any atom is -0.292 e.